The third kappa shape index (κ3) is 4.84. The molecule has 1 aromatic carbocycles. The third-order valence-electron chi connectivity index (χ3n) is 2.35. The Morgan fingerprint density at radius 2 is 1.94 bits per heavy atom. The van der Waals surface area contributed by atoms with E-state index in [1.807, 2.05) is 37.9 Å². The van der Waals surface area contributed by atoms with Gasteiger partial charge in [-0.3, -0.25) is 0 Å². The Kier molecular flexibility index (Phi) is 4.46. The van der Waals surface area contributed by atoms with Crippen LogP contribution in [0.5, 0.6) is 5.75 Å². The number of nitrogen functional groups attached to an aromatic ring is 1. The standard InChI is InChI=1S/C14H24N2O2/c1-10(2)18-13-7-11(15)6-12(8-13)16(5)9-14(3,4)17/h6-8,10,17H,9,15H2,1-5H3. The summed E-state index contributed by atoms with van der Waals surface area (Å²) in [6, 6.07) is 5.61. The van der Waals surface area contributed by atoms with Gasteiger partial charge < -0.3 is 20.5 Å². The number of hydrogen-bond acceptors (Lipinski definition) is 4. The predicted molar refractivity (Wildman–Crippen MR) is 76.2 cm³/mol. The van der Waals surface area contributed by atoms with Crippen molar-refractivity contribution in [2.45, 2.75) is 39.4 Å². The number of rotatable bonds is 5. The first kappa shape index (κ1) is 14.6. The first-order valence-corrected chi connectivity index (χ1v) is 6.18. The normalized spacial score (nSPS) is 11.7. The van der Waals surface area contributed by atoms with Crippen molar-refractivity contribution in [1.82, 2.24) is 0 Å². The molecule has 0 aliphatic heterocycles. The number of ether oxygens (including phenoxy) is 1. The molecule has 4 heteroatoms. The van der Waals surface area contributed by atoms with Gasteiger partial charge in [-0.05, 0) is 33.8 Å². The fourth-order valence-corrected chi connectivity index (χ4v) is 1.84. The molecule has 18 heavy (non-hydrogen) atoms. The Balaban J connectivity index is 2.91. The molecule has 0 amide bonds. The summed E-state index contributed by atoms with van der Waals surface area (Å²) in [5.41, 5.74) is 6.71. The monoisotopic (exact) mass is 252 g/mol. The molecule has 3 N–H and O–H groups in total. The van der Waals surface area contributed by atoms with Crippen molar-refractivity contribution >= 4 is 11.4 Å². The van der Waals surface area contributed by atoms with E-state index in [0.717, 1.165) is 11.4 Å². The number of aliphatic hydroxyl groups is 1. The molecule has 0 aliphatic carbocycles. The van der Waals surface area contributed by atoms with Gasteiger partial charge in [-0.2, -0.15) is 0 Å². The molecule has 0 atom stereocenters. The molecule has 0 fully saturated rings. The molecule has 1 aromatic rings. The highest BCUT2D eigenvalue weighted by Gasteiger charge is 2.16. The number of hydrogen-bond donors (Lipinski definition) is 2. The van der Waals surface area contributed by atoms with Crippen LogP contribution in [0.4, 0.5) is 11.4 Å². The lowest BCUT2D eigenvalue weighted by molar-refractivity contribution is 0.0886. The van der Waals surface area contributed by atoms with Crippen LogP contribution in [-0.4, -0.2) is 30.4 Å². The number of nitrogens with two attached hydrogens (primary N) is 1. The third-order valence-corrected chi connectivity index (χ3v) is 2.35. The molecule has 0 bridgehead atoms. The topological polar surface area (TPSA) is 58.7 Å². The highest BCUT2D eigenvalue weighted by molar-refractivity contribution is 5.60. The zero-order valence-corrected chi connectivity index (χ0v) is 11.9. The van der Waals surface area contributed by atoms with E-state index in [-0.39, 0.29) is 6.10 Å². The summed E-state index contributed by atoms with van der Waals surface area (Å²) in [5, 5.41) is 9.83. The maximum atomic E-state index is 9.83. The maximum Gasteiger partial charge on any atom is 0.123 e. The predicted octanol–water partition coefficient (Wildman–Crippen LogP) is 2.26. The van der Waals surface area contributed by atoms with Crippen molar-refractivity contribution < 1.29 is 9.84 Å². The molecule has 0 saturated heterocycles. The van der Waals surface area contributed by atoms with Gasteiger partial charge in [0.15, 0.2) is 0 Å². The van der Waals surface area contributed by atoms with Crippen molar-refractivity contribution in [1.29, 1.82) is 0 Å². The molecule has 0 radical (unpaired) electrons. The van der Waals surface area contributed by atoms with Crippen LogP contribution in [0.2, 0.25) is 0 Å². The molecule has 102 valence electrons. The zero-order valence-electron chi connectivity index (χ0n) is 11.9. The van der Waals surface area contributed by atoms with Crippen molar-refractivity contribution in [3.63, 3.8) is 0 Å². The van der Waals surface area contributed by atoms with Crippen LogP contribution in [0.1, 0.15) is 27.7 Å². The summed E-state index contributed by atoms with van der Waals surface area (Å²) < 4.78 is 5.65. The van der Waals surface area contributed by atoms with Crippen LogP contribution < -0.4 is 15.4 Å². The van der Waals surface area contributed by atoms with Crippen molar-refractivity contribution in [2.75, 3.05) is 24.2 Å². The molecule has 0 unspecified atom stereocenters. The van der Waals surface area contributed by atoms with Gasteiger partial charge in [0.25, 0.3) is 0 Å². The van der Waals surface area contributed by atoms with Crippen molar-refractivity contribution in [3.8, 4) is 5.75 Å². The van der Waals surface area contributed by atoms with Gasteiger partial charge in [-0.25, -0.2) is 0 Å². The van der Waals surface area contributed by atoms with Gasteiger partial charge >= 0.3 is 0 Å². The number of benzene rings is 1. The Bertz CT molecular complexity index is 397. The first-order valence-electron chi connectivity index (χ1n) is 6.18. The molecule has 1 rings (SSSR count). The zero-order chi connectivity index (χ0) is 13.9. The molecule has 0 spiro atoms. The van der Waals surface area contributed by atoms with Gasteiger partial charge in [0.05, 0.1) is 11.7 Å². The van der Waals surface area contributed by atoms with Crippen molar-refractivity contribution in [3.05, 3.63) is 18.2 Å². The van der Waals surface area contributed by atoms with Crippen LogP contribution in [-0.2, 0) is 0 Å². The number of nitrogens with zero attached hydrogens (tertiary/aromatic N) is 1. The fraction of sp³-hybridized carbons (Fsp3) is 0.571. The van der Waals surface area contributed by atoms with E-state index in [1.165, 1.54) is 0 Å². The van der Waals surface area contributed by atoms with Gasteiger partial charge in [-0.15, -0.1) is 0 Å². The fourth-order valence-electron chi connectivity index (χ4n) is 1.84. The lowest BCUT2D eigenvalue weighted by Gasteiger charge is -2.28. The van der Waals surface area contributed by atoms with Crippen LogP contribution in [0, 0.1) is 0 Å². The van der Waals surface area contributed by atoms with Crippen LogP contribution in [0.25, 0.3) is 0 Å². The summed E-state index contributed by atoms with van der Waals surface area (Å²) in [4.78, 5) is 1.96. The minimum Gasteiger partial charge on any atom is -0.491 e. The van der Waals surface area contributed by atoms with E-state index in [9.17, 15) is 5.11 Å². The average Bonchev–Trinajstić information content (AvgIpc) is 2.12. The van der Waals surface area contributed by atoms with Crippen LogP contribution >= 0.6 is 0 Å². The van der Waals surface area contributed by atoms with E-state index < -0.39 is 5.60 Å². The Labute approximate surface area is 109 Å². The number of anilines is 2. The second kappa shape index (κ2) is 5.48. The summed E-state index contributed by atoms with van der Waals surface area (Å²) in [6.07, 6.45) is 0.110. The average molecular weight is 252 g/mol. The Morgan fingerprint density at radius 3 is 2.44 bits per heavy atom. The number of likely N-dealkylation sites (N-methyl/N-ethyl adjacent to an activating group) is 1. The molecular formula is C14H24N2O2. The van der Waals surface area contributed by atoms with Crippen molar-refractivity contribution in [2.24, 2.45) is 0 Å². The van der Waals surface area contributed by atoms with E-state index in [4.69, 9.17) is 10.5 Å². The molecule has 0 aromatic heterocycles. The highest BCUT2D eigenvalue weighted by atomic mass is 16.5. The molecular weight excluding hydrogens is 228 g/mol. The Morgan fingerprint density at radius 1 is 1.33 bits per heavy atom. The van der Waals surface area contributed by atoms with E-state index >= 15 is 0 Å². The molecule has 0 aliphatic rings. The Hall–Kier alpha value is -1.42. The summed E-state index contributed by atoms with van der Waals surface area (Å²) in [5.74, 6) is 0.752. The smallest absolute Gasteiger partial charge is 0.123 e. The van der Waals surface area contributed by atoms with E-state index in [1.54, 1.807) is 19.9 Å². The summed E-state index contributed by atoms with van der Waals surface area (Å²) in [6.45, 7) is 8.03. The SMILES string of the molecule is CC(C)Oc1cc(N)cc(N(C)CC(C)(C)O)c1. The second-order valence-corrected chi connectivity index (χ2v) is 5.60. The summed E-state index contributed by atoms with van der Waals surface area (Å²) >= 11 is 0. The quantitative estimate of drug-likeness (QED) is 0.789. The van der Waals surface area contributed by atoms with Gasteiger partial charge in [0, 0.05) is 37.1 Å². The van der Waals surface area contributed by atoms with E-state index in [0.29, 0.717) is 12.2 Å². The minimum atomic E-state index is -0.752. The van der Waals surface area contributed by atoms with E-state index in [2.05, 4.69) is 0 Å². The lowest BCUT2D eigenvalue weighted by Crippen LogP contribution is -2.36. The highest BCUT2D eigenvalue weighted by Crippen LogP contribution is 2.26. The van der Waals surface area contributed by atoms with Gasteiger partial charge in [-0.1, -0.05) is 0 Å². The summed E-state index contributed by atoms with van der Waals surface area (Å²) in [7, 11) is 1.92. The van der Waals surface area contributed by atoms with Gasteiger partial charge in [0.1, 0.15) is 5.75 Å². The van der Waals surface area contributed by atoms with Crippen LogP contribution in [0.15, 0.2) is 18.2 Å². The van der Waals surface area contributed by atoms with Gasteiger partial charge in [0.2, 0.25) is 0 Å². The lowest BCUT2D eigenvalue weighted by atomic mass is 10.1. The molecule has 0 saturated carbocycles. The molecule has 0 heterocycles. The molecule has 4 nitrogen and oxygen atoms in total. The van der Waals surface area contributed by atoms with Crippen LogP contribution in [0.3, 0.4) is 0 Å². The largest absolute Gasteiger partial charge is 0.491 e. The minimum absolute atomic E-state index is 0.110. The first-order chi connectivity index (χ1) is 8.17. The second-order valence-electron chi connectivity index (χ2n) is 5.60. The maximum absolute atomic E-state index is 9.83.